The SMILES string of the molecule is IC#CCOCC#Cc1ccccc1. The molecule has 0 bridgehead atoms. The summed E-state index contributed by atoms with van der Waals surface area (Å²) in [5.74, 6) is 8.71. The second-order valence-electron chi connectivity index (χ2n) is 2.43. The van der Waals surface area contributed by atoms with Gasteiger partial charge in [-0.3, -0.25) is 0 Å². The molecule has 1 rings (SSSR count). The Morgan fingerprint density at radius 2 is 1.79 bits per heavy atom. The molecule has 0 saturated heterocycles. The van der Waals surface area contributed by atoms with E-state index < -0.39 is 0 Å². The summed E-state index contributed by atoms with van der Waals surface area (Å²) in [6.45, 7) is 0.882. The molecule has 0 spiro atoms. The molecule has 0 aliphatic heterocycles. The van der Waals surface area contributed by atoms with Crippen molar-refractivity contribution >= 4 is 22.6 Å². The molecule has 0 heterocycles. The molecule has 0 aliphatic carbocycles. The van der Waals surface area contributed by atoms with E-state index in [0.717, 1.165) is 5.56 Å². The average molecular weight is 296 g/mol. The smallest absolute Gasteiger partial charge is 0.109 e. The number of ether oxygens (including phenoxy) is 1. The highest BCUT2D eigenvalue weighted by Crippen LogP contribution is 1.94. The zero-order valence-electron chi connectivity index (χ0n) is 7.59. The van der Waals surface area contributed by atoms with Crippen molar-refractivity contribution in [2.45, 2.75) is 0 Å². The molecule has 0 saturated carbocycles. The number of benzene rings is 1. The fourth-order valence-corrected chi connectivity index (χ4v) is 0.996. The third kappa shape index (κ3) is 4.91. The van der Waals surface area contributed by atoms with Gasteiger partial charge in [0.1, 0.15) is 13.2 Å². The van der Waals surface area contributed by atoms with Gasteiger partial charge in [0.15, 0.2) is 0 Å². The van der Waals surface area contributed by atoms with E-state index in [4.69, 9.17) is 4.74 Å². The van der Waals surface area contributed by atoms with E-state index in [1.807, 2.05) is 52.9 Å². The fourth-order valence-electron chi connectivity index (χ4n) is 0.840. The molecule has 0 aromatic heterocycles. The minimum Gasteiger partial charge on any atom is -0.356 e. The normalized spacial score (nSPS) is 8.07. The lowest BCUT2D eigenvalue weighted by Gasteiger charge is -1.89. The van der Waals surface area contributed by atoms with Crippen molar-refractivity contribution in [3.8, 4) is 21.7 Å². The highest BCUT2D eigenvalue weighted by molar-refractivity contribution is 14.1. The summed E-state index contributed by atoms with van der Waals surface area (Å²) >= 11 is 1.98. The van der Waals surface area contributed by atoms with E-state index >= 15 is 0 Å². The van der Waals surface area contributed by atoms with E-state index in [0.29, 0.717) is 13.2 Å². The van der Waals surface area contributed by atoms with E-state index in [-0.39, 0.29) is 0 Å². The standard InChI is InChI=1S/C12H9IO/c13-9-5-11-14-10-4-8-12-6-2-1-3-7-12/h1-3,6-7H,10-11H2. The molecule has 1 aromatic carbocycles. The lowest BCUT2D eigenvalue weighted by Crippen LogP contribution is -1.90. The largest absolute Gasteiger partial charge is 0.356 e. The molecule has 0 atom stereocenters. The van der Waals surface area contributed by atoms with Crippen LogP contribution in [0.3, 0.4) is 0 Å². The number of halogens is 1. The van der Waals surface area contributed by atoms with Gasteiger partial charge in [-0.05, 0) is 16.1 Å². The summed E-state index contributed by atoms with van der Waals surface area (Å²) in [5, 5.41) is 0. The number of rotatable bonds is 2. The average Bonchev–Trinajstić information content (AvgIpc) is 2.25. The Hall–Kier alpha value is -0.970. The second-order valence-corrected chi connectivity index (χ2v) is 2.97. The Bertz CT molecular complexity index is 376. The summed E-state index contributed by atoms with van der Waals surface area (Å²) in [6.07, 6.45) is 0. The van der Waals surface area contributed by atoms with Crippen LogP contribution in [-0.4, -0.2) is 13.2 Å². The topological polar surface area (TPSA) is 9.23 Å². The highest BCUT2D eigenvalue weighted by Gasteiger charge is 1.81. The molecule has 0 amide bonds. The summed E-state index contributed by atoms with van der Waals surface area (Å²) in [5.41, 5.74) is 1.01. The van der Waals surface area contributed by atoms with Gasteiger partial charge in [0.2, 0.25) is 0 Å². The molecule has 2 heteroatoms. The van der Waals surface area contributed by atoms with Crippen LogP contribution in [-0.2, 0) is 4.74 Å². The van der Waals surface area contributed by atoms with Crippen LogP contribution in [0.1, 0.15) is 5.56 Å². The Balaban J connectivity index is 2.30. The van der Waals surface area contributed by atoms with Gasteiger partial charge in [-0.25, -0.2) is 0 Å². The molecule has 0 radical (unpaired) electrons. The zero-order chi connectivity index (χ0) is 10.1. The molecule has 0 unspecified atom stereocenters. The summed E-state index contributed by atoms with van der Waals surface area (Å²) in [4.78, 5) is 0. The minimum atomic E-state index is 0.431. The molecule has 1 aromatic rings. The Morgan fingerprint density at radius 1 is 1.07 bits per heavy atom. The van der Waals surface area contributed by atoms with Gasteiger partial charge >= 0.3 is 0 Å². The molecule has 0 N–H and O–H groups in total. The lowest BCUT2D eigenvalue weighted by molar-refractivity contribution is 0.205. The van der Waals surface area contributed by atoms with Crippen LogP contribution >= 0.6 is 22.6 Å². The van der Waals surface area contributed by atoms with Crippen LogP contribution in [0.4, 0.5) is 0 Å². The van der Waals surface area contributed by atoms with Crippen LogP contribution < -0.4 is 0 Å². The predicted molar refractivity (Wildman–Crippen MR) is 65.9 cm³/mol. The van der Waals surface area contributed by atoms with Gasteiger partial charge in [-0.1, -0.05) is 36.0 Å². The Labute approximate surface area is 98.0 Å². The van der Waals surface area contributed by atoms with Crippen LogP contribution in [0.15, 0.2) is 30.3 Å². The minimum absolute atomic E-state index is 0.431. The van der Waals surface area contributed by atoms with Crippen molar-refractivity contribution in [3.05, 3.63) is 35.9 Å². The monoisotopic (exact) mass is 296 g/mol. The molecule has 70 valence electrons. The quantitative estimate of drug-likeness (QED) is 0.463. The molecule has 0 aliphatic rings. The summed E-state index contributed by atoms with van der Waals surface area (Å²) in [6, 6.07) is 9.84. The third-order valence-electron chi connectivity index (χ3n) is 1.42. The van der Waals surface area contributed by atoms with Crippen molar-refractivity contribution in [2.75, 3.05) is 13.2 Å². The summed E-state index contributed by atoms with van der Waals surface area (Å²) < 4.78 is 7.87. The van der Waals surface area contributed by atoms with Crippen molar-refractivity contribution < 1.29 is 4.74 Å². The van der Waals surface area contributed by atoms with Crippen LogP contribution in [0.2, 0.25) is 0 Å². The first-order valence-electron chi connectivity index (χ1n) is 4.13. The first kappa shape index (κ1) is 11.1. The Morgan fingerprint density at radius 3 is 2.50 bits per heavy atom. The zero-order valence-corrected chi connectivity index (χ0v) is 9.74. The van der Waals surface area contributed by atoms with Gasteiger partial charge in [0.05, 0.1) is 0 Å². The van der Waals surface area contributed by atoms with Crippen molar-refractivity contribution in [2.24, 2.45) is 0 Å². The van der Waals surface area contributed by atoms with Gasteiger partial charge in [0.25, 0.3) is 0 Å². The molecular formula is C12H9IO. The first-order valence-corrected chi connectivity index (χ1v) is 5.21. The van der Waals surface area contributed by atoms with Crippen LogP contribution in [0.25, 0.3) is 0 Å². The molecule has 14 heavy (non-hydrogen) atoms. The maximum atomic E-state index is 5.14. The van der Waals surface area contributed by atoms with Gasteiger partial charge in [-0.2, -0.15) is 0 Å². The number of hydrogen-bond acceptors (Lipinski definition) is 1. The predicted octanol–water partition coefficient (Wildman–Crippen LogP) is 2.45. The fraction of sp³-hybridized carbons (Fsp3) is 0.167. The van der Waals surface area contributed by atoms with Crippen molar-refractivity contribution in [1.29, 1.82) is 0 Å². The lowest BCUT2D eigenvalue weighted by atomic mass is 10.2. The van der Waals surface area contributed by atoms with E-state index in [1.165, 1.54) is 0 Å². The van der Waals surface area contributed by atoms with Crippen molar-refractivity contribution in [1.82, 2.24) is 0 Å². The van der Waals surface area contributed by atoms with Gasteiger partial charge in [-0.15, -0.1) is 0 Å². The molecule has 0 fully saturated rings. The van der Waals surface area contributed by atoms with Crippen LogP contribution in [0, 0.1) is 21.7 Å². The Kier molecular flexibility index (Phi) is 5.90. The van der Waals surface area contributed by atoms with E-state index in [2.05, 4.69) is 21.7 Å². The maximum absolute atomic E-state index is 5.14. The highest BCUT2D eigenvalue weighted by atomic mass is 127. The molecular weight excluding hydrogens is 287 g/mol. The van der Waals surface area contributed by atoms with E-state index in [1.54, 1.807) is 0 Å². The van der Waals surface area contributed by atoms with Crippen molar-refractivity contribution in [3.63, 3.8) is 0 Å². The van der Waals surface area contributed by atoms with Crippen LogP contribution in [0.5, 0.6) is 0 Å². The maximum Gasteiger partial charge on any atom is 0.109 e. The molecule has 1 nitrogen and oxygen atoms in total. The van der Waals surface area contributed by atoms with Gasteiger partial charge < -0.3 is 4.74 Å². The van der Waals surface area contributed by atoms with E-state index in [9.17, 15) is 0 Å². The van der Waals surface area contributed by atoms with Gasteiger partial charge in [0, 0.05) is 28.2 Å². The second kappa shape index (κ2) is 7.44. The number of hydrogen-bond donors (Lipinski definition) is 0. The third-order valence-corrected chi connectivity index (χ3v) is 1.80. The first-order chi connectivity index (χ1) is 6.93. The summed E-state index contributed by atoms with van der Waals surface area (Å²) in [7, 11) is 0.